The van der Waals surface area contributed by atoms with Crippen LogP contribution in [0.2, 0.25) is 0 Å². The van der Waals surface area contributed by atoms with Gasteiger partial charge in [0.05, 0.1) is 10.9 Å². The molecule has 0 spiro atoms. The highest BCUT2D eigenvalue weighted by atomic mass is 32.2. The Kier molecular flexibility index (Phi) is 6.60. The van der Waals surface area contributed by atoms with E-state index in [-0.39, 0.29) is 11.9 Å². The van der Waals surface area contributed by atoms with Gasteiger partial charge in [0.2, 0.25) is 15.9 Å². The number of fused-ring (bicyclic) bond motifs is 1. The minimum absolute atomic E-state index is 0.184. The van der Waals surface area contributed by atoms with E-state index in [0.717, 1.165) is 44.2 Å². The van der Waals surface area contributed by atoms with Crippen LogP contribution in [0, 0.1) is 0 Å². The highest BCUT2D eigenvalue weighted by Crippen LogP contribution is 2.35. The number of carbonyl (C=O) groups excluding carboxylic acids is 1. The molecule has 3 heterocycles. The second kappa shape index (κ2) is 9.20. The predicted octanol–water partition coefficient (Wildman–Crippen LogP) is 4.39. The molecule has 5 nitrogen and oxygen atoms in total. The zero-order valence-corrected chi connectivity index (χ0v) is 19.2. The van der Waals surface area contributed by atoms with Crippen LogP contribution in [0.5, 0.6) is 0 Å². The summed E-state index contributed by atoms with van der Waals surface area (Å²) in [5.41, 5.74) is 2.32. The summed E-state index contributed by atoms with van der Waals surface area (Å²) in [6, 6.07) is 9.44. The third-order valence-electron chi connectivity index (χ3n) is 6.31. The Balaban J connectivity index is 1.38. The molecule has 2 aliphatic rings. The van der Waals surface area contributed by atoms with E-state index >= 15 is 0 Å². The third-order valence-corrected chi connectivity index (χ3v) is 9.21. The lowest BCUT2D eigenvalue weighted by molar-refractivity contribution is -0.134. The number of carbonyl (C=O) groups is 1. The second-order valence-electron chi connectivity index (χ2n) is 8.17. The van der Waals surface area contributed by atoms with E-state index in [1.165, 1.54) is 10.4 Å². The van der Waals surface area contributed by atoms with Crippen molar-refractivity contribution in [1.82, 2.24) is 9.21 Å². The molecule has 1 aromatic carbocycles. The first-order chi connectivity index (χ1) is 14.5. The van der Waals surface area contributed by atoms with Crippen molar-refractivity contribution < 1.29 is 13.2 Å². The summed E-state index contributed by atoms with van der Waals surface area (Å²) in [7, 11) is -3.40. The van der Waals surface area contributed by atoms with Gasteiger partial charge in [0.25, 0.3) is 0 Å². The second-order valence-corrected chi connectivity index (χ2v) is 11.1. The van der Waals surface area contributed by atoms with Crippen molar-refractivity contribution in [1.29, 1.82) is 0 Å². The number of amides is 1. The molecule has 0 radical (unpaired) electrons. The molecule has 0 unspecified atom stereocenters. The molecule has 2 aromatic rings. The number of aryl methyl sites for hydroxylation is 1. The minimum atomic E-state index is -3.40. The van der Waals surface area contributed by atoms with Crippen molar-refractivity contribution in [3.8, 4) is 0 Å². The van der Waals surface area contributed by atoms with Crippen LogP contribution in [-0.4, -0.2) is 43.2 Å². The number of benzene rings is 1. The molecule has 0 bridgehead atoms. The van der Waals surface area contributed by atoms with Crippen molar-refractivity contribution in [3.63, 3.8) is 0 Å². The van der Waals surface area contributed by atoms with Crippen LogP contribution in [0.3, 0.4) is 0 Å². The van der Waals surface area contributed by atoms with Gasteiger partial charge in [-0.25, -0.2) is 8.42 Å². The van der Waals surface area contributed by atoms with E-state index in [0.29, 0.717) is 30.8 Å². The van der Waals surface area contributed by atoms with E-state index in [4.69, 9.17) is 0 Å². The Morgan fingerprint density at radius 2 is 1.80 bits per heavy atom. The molecule has 1 fully saturated rings. The predicted molar refractivity (Wildman–Crippen MR) is 120 cm³/mol. The molecule has 0 aliphatic carbocycles. The Hall–Kier alpha value is -1.70. The average Bonchev–Trinajstić information content (AvgIpc) is 3.26. The SMILES string of the molecule is CC[C@@H]1c2ccsc2CCN1C(=O)CCc1ccc(S(=O)(=O)N2CCCCC2)cc1. The molecule has 2 aliphatic heterocycles. The fourth-order valence-corrected chi connectivity index (χ4v) is 7.06. The molecule has 1 saturated heterocycles. The highest BCUT2D eigenvalue weighted by Gasteiger charge is 2.30. The zero-order valence-electron chi connectivity index (χ0n) is 17.5. The van der Waals surface area contributed by atoms with Crippen molar-refractivity contribution >= 4 is 27.3 Å². The topological polar surface area (TPSA) is 57.7 Å². The summed E-state index contributed by atoms with van der Waals surface area (Å²) < 4.78 is 27.2. The first kappa shape index (κ1) is 21.5. The van der Waals surface area contributed by atoms with Gasteiger partial charge in [-0.2, -0.15) is 4.31 Å². The van der Waals surface area contributed by atoms with Gasteiger partial charge in [-0.15, -0.1) is 11.3 Å². The molecule has 1 amide bonds. The van der Waals surface area contributed by atoms with E-state index in [2.05, 4.69) is 18.4 Å². The summed E-state index contributed by atoms with van der Waals surface area (Å²) in [5.74, 6) is 0.184. The van der Waals surface area contributed by atoms with Gasteiger partial charge in [0.15, 0.2) is 0 Å². The van der Waals surface area contributed by atoms with E-state index in [1.807, 2.05) is 17.0 Å². The molecule has 1 aromatic heterocycles. The number of nitrogens with zero attached hydrogens (tertiary/aromatic N) is 2. The summed E-state index contributed by atoms with van der Waals surface area (Å²) in [4.78, 5) is 16.7. The minimum Gasteiger partial charge on any atom is -0.335 e. The molecule has 4 rings (SSSR count). The Bertz CT molecular complexity index is 976. The van der Waals surface area contributed by atoms with Crippen LogP contribution in [0.15, 0.2) is 40.6 Å². The molecule has 0 saturated carbocycles. The van der Waals surface area contributed by atoms with Gasteiger partial charge < -0.3 is 4.90 Å². The molecule has 30 heavy (non-hydrogen) atoms. The van der Waals surface area contributed by atoms with Crippen molar-refractivity contribution in [2.24, 2.45) is 0 Å². The van der Waals surface area contributed by atoms with Gasteiger partial charge in [-0.05, 0) is 66.8 Å². The van der Waals surface area contributed by atoms with E-state index in [1.54, 1.807) is 27.8 Å². The summed E-state index contributed by atoms with van der Waals surface area (Å²) in [6.45, 7) is 4.15. The molecular formula is C23H30N2O3S2. The number of hydrogen-bond donors (Lipinski definition) is 0. The maximum absolute atomic E-state index is 12.9. The average molecular weight is 447 g/mol. The van der Waals surface area contributed by atoms with Crippen molar-refractivity contribution in [2.45, 2.75) is 62.8 Å². The first-order valence-electron chi connectivity index (χ1n) is 11.0. The monoisotopic (exact) mass is 446 g/mol. The number of rotatable bonds is 6. The Morgan fingerprint density at radius 1 is 1.07 bits per heavy atom. The van der Waals surface area contributed by atoms with Gasteiger partial charge >= 0.3 is 0 Å². The number of hydrogen-bond acceptors (Lipinski definition) is 4. The maximum atomic E-state index is 12.9. The fourth-order valence-electron chi connectivity index (χ4n) is 4.61. The lowest BCUT2D eigenvalue weighted by atomic mass is 9.97. The normalized spacial score (nSPS) is 20.2. The third kappa shape index (κ3) is 4.34. The van der Waals surface area contributed by atoms with Crippen LogP contribution in [0.25, 0.3) is 0 Å². The van der Waals surface area contributed by atoms with Gasteiger partial charge in [0, 0.05) is 30.9 Å². The Labute approximate surface area is 183 Å². The quantitative estimate of drug-likeness (QED) is 0.661. The number of thiophene rings is 1. The van der Waals surface area contributed by atoms with Crippen molar-refractivity contribution in [2.75, 3.05) is 19.6 Å². The molecular weight excluding hydrogens is 416 g/mol. The van der Waals surface area contributed by atoms with Gasteiger partial charge in [-0.1, -0.05) is 25.5 Å². The van der Waals surface area contributed by atoms with Crippen molar-refractivity contribution in [3.05, 3.63) is 51.7 Å². The van der Waals surface area contributed by atoms with Crippen LogP contribution in [-0.2, 0) is 27.7 Å². The van der Waals surface area contributed by atoms with E-state index in [9.17, 15) is 13.2 Å². The first-order valence-corrected chi connectivity index (χ1v) is 13.3. The fraction of sp³-hybridized carbons (Fsp3) is 0.522. The number of piperidine rings is 1. The molecule has 1 atom stereocenters. The van der Waals surface area contributed by atoms with Gasteiger partial charge in [-0.3, -0.25) is 4.79 Å². The smallest absolute Gasteiger partial charge is 0.243 e. The van der Waals surface area contributed by atoms with Crippen LogP contribution in [0.4, 0.5) is 0 Å². The Morgan fingerprint density at radius 3 is 2.50 bits per heavy atom. The maximum Gasteiger partial charge on any atom is 0.243 e. The molecule has 162 valence electrons. The van der Waals surface area contributed by atoms with Crippen LogP contribution >= 0.6 is 11.3 Å². The number of sulfonamides is 1. The summed E-state index contributed by atoms with van der Waals surface area (Å²) >= 11 is 1.79. The summed E-state index contributed by atoms with van der Waals surface area (Å²) in [6.07, 6.45) is 5.92. The lowest BCUT2D eigenvalue weighted by Crippen LogP contribution is -2.39. The zero-order chi connectivity index (χ0) is 21.1. The highest BCUT2D eigenvalue weighted by molar-refractivity contribution is 7.89. The lowest BCUT2D eigenvalue weighted by Gasteiger charge is -2.35. The standard InChI is InChI=1S/C23H30N2O3S2/c1-2-21-20-13-17-29-22(20)12-16-25(21)23(26)11-8-18-6-9-19(10-7-18)30(27,28)24-14-4-3-5-15-24/h6-7,9-10,13,17,21H,2-5,8,11-12,14-16H2,1H3/t21-/m1/s1. The van der Waals surface area contributed by atoms with Crippen LogP contribution < -0.4 is 0 Å². The molecule has 7 heteroatoms. The van der Waals surface area contributed by atoms with E-state index < -0.39 is 10.0 Å². The molecule has 0 N–H and O–H groups in total. The largest absolute Gasteiger partial charge is 0.335 e. The summed E-state index contributed by atoms with van der Waals surface area (Å²) in [5, 5.41) is 2.13. The van der Waals surface area contributed by atoms with Gasteiger partial charge in [0.1, 0.15) is 0 Å². The van der Waals surface area contributed by atoms with Crippen LogP contribution in [0.1, 0.15) is 61.1 Å².